The molecular weight excluding hydrogens is 238 g/mol. The average Bonchev–Trinajstić information content (AvgIpc) is 2.40. The maximum Gasteiger partial charge on any atom is 0.222 e. The molecule has 0 aliphatic carbocycles. The molecule has 2 rings (SSSR count). The fraction of sp³-hybridized carbons (Fsp3) is 0.933. The van der Waals surface area contributed by atoms with Gasteiger partial charge in [-0.25, -0.2) is 0 Å². The minimum absolute atomic E-state index is 0.108. The van der Waals surface area contributed by atoms with Crippen LogP contribution in [0.25, 0.3) is 0 Å². The summed E-state index contributed by atoms with van der Waals surface area (Å²) in [4.78, 5) is 16.7. The molecular formula is C15H29N3O. The Morgan fingerprint density at radius 2 is 2.11 bits per heavy atom. The van der Waals surface area contributed by atoms with Crippen LogP contribution in [0.5, 0.6) is 0 Å². The minimum atomic E-state index is 0.108. The molecule has 2 aliphatic heterocycles. The lowest BCUT2D eigenvalue weighted by atomic mass is 9.98. The Labute approximate surface area is 117 Å². The van der Waals surface area contributed by atoms with E-state index in [4.69, 9.17) is 0 Å². The fourth-order valence-corrected chi connectivity index (χ4v) is 3.08. The Morgan fingerprint density at radius 1 is 1.32 bits per heavy atom. The summed E-state index contributed by atoms with van der Waals surface area (Å²) in [7, 11) is 2.15. The largest absolute Gasteiger partial charge is 0.340 e. The summed E-state index contributed by atoms with van der Waals surface area (Å²) in [5.41, 5.74) is 0.108. The summed E-state index contributed by atoms with van der Waals surface area (Å²) in [6.45, 7) is 8.29. The van der Waals surface area contributed by atoms with Crippen LogP contribution in [0, 0.1) is 0 Å². The second-order valence-corrected chi connectivity index (χ2v) is 6.73. The number of hydrogen-bond donors (Lipinski definition) is 1. The van der Waals surface area contributed by atoms with Crippen LogP contribution < -0.4 is 5.32 Å². The summed E-state index contributed by atoms with van der Waals surface area (Å²) < 4.78 is 0. The van der Waals surface area contributed by atoms with Gasteiger partial charge in [0.2, 0.25) is 5.91 Å². The number of hydrogen-bond acceptors (Lipinski definition) is 3. The maximum atomic E-state index is 12.3. The van der Waals surface area contributed by atoms with Crippen molar-refractivity contribution >= 4 is 5.91 Å². The Balaban J connectivity index is 1.76. The first-order valence-corrected chi connectivity index (χ1v) is 7.71. The van der Waals surface area contributed by atoms with Crippen LogP contribution >= 0.6 is 0 Å². The van der Waals surface area contributed by atoms with E-state index in [1.165, 1.54) is 19.3 Å². The van der Waals surface area contributed by atoms with Gasteiger partial charge in [-0.2, -0.15) is 0 Å². The Hall–Kier alpha value is -0.610. The van der Waals surface area contributed by atoms with Gasteiger partial charge in [-0.3, -0.25) is 9.69 Å². The van der Waals surface area contributed by atoms with E-state index in [1.54, 1.807) is 0 Å². The third-order valence-corrected chi connectivity index (χ3v) is 4.79. The summed E-state index contributed by atoms with van der Waals surface area (Å²) in [6, 6.07) is 0.568. The number of amides is 1. The number of nitrogens with zero attached hydrogens (tertiary/aromatic N) is 2. The van der Waals surface area contributed by atoms with Gasteiger partial charge in [0.1, 0.15) is 0 Å². The normalized spacial score (nSPS) is 28.4. The zero-order chi connectivity index (χ0) is 13.9. The van der Waals surface area contributed by atoms with Crippen molar-refractivity contribution in [3.05, 3.63) is 0 Å². The summed E-state index contributed by atoms with van der Waals surface area (Å²) >= 11 is 0. The van der Waals surface area contributed by atoms with Gasteiger partial charge < -0.3 is 10.2 Å². The maximum absolute atomic E-state index is 12.3. The van der Waals surface area contributed by atoms with Crippen LogP contribution in [0.1, 0.15) is 46.0 Å². The van der Waals surface area contributed by atoms with Crippen molar-refractivity contribution in [2.75, 3.05) is 33.2 Å². The van der Waals surface area contributed by atoms with E-state index in [2.05, 4.69) is 36.0 Å². The zero-order valence-corrected chi connectivity index (χ0v) is 12.7. The van der Waals surface area contributed by atoms with Crippen molar-refractivity contribution in [2.24, 2.45) is 0 Å². The standard InChI is InChI=1S/C15H29N3O/c1-15(2)12-18(11-10-17(15)3)14(19)8-7-13-6-4-5-9-16-13/h13,16H,4-12H2,1-3H3. The first-order valence-electron chi connectivity index (χ1n) is 7.71. The number of piperazine rings is 1. The van der Waals surface area contributed by atoms with E-state index in [9.17, 15) is 4.79 Å². The molecule has 1 atom stereocenters. The van der Waals surface area contributed by atoms with Crippen LogP contribution in [-0.4, -0.2) is 60.5 Å². The molecule has 0 aromatic rings. The second-order valence-electron chi connectivity index (χ2n) is 6.73. The molecule has 19 heavy (non-hydrogen) atoms. The van der Waals surface area contributed by atoms with Crippen LogP contribution in [-0.2, 0) is 4.79 Å². The van der Waals surface area contributed by atoms with Crippen LogP contribution in [0.15, 0.2) is 0 Å². The molecule has 0 aromatic heterocycles. The first-order chi connectivity index (χ1) is 8.99. The lowest BCUT2D eigenvalue weighted by Crippen LogP contribution is -2.58. The molecule has 4 nitrogen and oxygen atoms in total. The average molecular weight is 267 g/mol. The van der Waals surface area contributed by atoms with E-state index in [0.29, 0.717) is 18.4 Å². The predicted octanol–water partition coefficient (Wildman–Crippen LogP) is 1.46. The third-order valence-electron chi connectivity index (χ3n) is 4.79. The van der Waals surface area contributed by atoms with Crippen molar-refractivity contribution in [3.8, 4) is 0 Å². The van der Waals surface area contributed by atoms with Gasteiger partial charge in [0.05, 0.1) is 0 Å². The summed E-state index contributed by atoms with van der Waals surface area (Å²) in [5, 5.41) is 3.52. The van der Waals surface area contributed by atoms with E-state index in [0.717, 1.165) is 32.6 Å². The number of carbonyl (C=O) groups excluding carboxylic acids is 1. The quantitative estimate of drug-likeness (QED) is 0.841. The lowest BCUT2D eigenvalue weighted by molar-refractivity contribution is -0.136. The van der Waals surface area contributed by atoms with E-state index in [-0.39, 0.29) is 5.54 Å². The molecule has 2 heterocycles. The van der Waals surface area contributed by atoms with Crippen LogP contribution in [0.3, 0.4) is 0 Å². The fourth-order valence-electron chi connectivity index (χ4n) is 3.08. The molecule has 2 aliphatic rings. The van der Waals surface area contributed by atoms with Gasteiger partial charge in [-0.1, -0.05) is 6.42 Å². The summed E-state index contributed by atoms with van der Waals surface area (Å²) in [5.74, 6) is 0.341. The molecule has 0 saturated carbocycles. The molecule has 1 amide bonds. The number of nitrogens with one attached hydrogen (secondary N) is 1. The van der Waals surface area contributed by atoms with Crippen molar-refractivity contribution in [1.29, 1.82) is 0 Å². The van der Waals surface area contributed by atoms with E-state index in [1.807, 2.05) is 0 Å². The highest BCUT2D eigenvalue weighted by Gasteiger charge is 2.33. The molecule has 4 heteroatoms. The summed E-state index contributed by atoms with van der Waals surface area (Å²) in [6.07, 6.45) is 5.55. The van der Waals surface area contributed by atoms with Crippen molar-refractivity contribution in [3.63, 3.8) is 0 Å². The molecule has 2 fully saturated rings. The smallest absolute Gasteiger partial charge is 0.222 e. The predicted molar refractivity (Wildman–Crippen MR) is 78.2 cm³/mol. The highest BCUT2D eigenvalue weighted by Crippen LogP contribution is 2.20. The van der Waals surface area contributed by atoms with Gasteiger partial charge >= 0.3 is 0 Å². The van der Waals surface area contributed by atoms with Gasteiger partial charge in [-0.05, 0) is 46.7 Å². The topological polar surface area (TPSA) is 35.6 Å². The highest BCUT2D eigenvalue weighted by atomic mass is 16.2. The molecule has 0 aromatic carbocycles. The third kappa shape index (κ3) is 3.93. The Bertz CT molecular complexity index is 311. The molecule has 110 valence electrons. The molecule has 0 bridgehead atoms. The lowest BCUT2D eigenvalue weighted by Gasteiger charge is -2.45. The van der Waals surface area contributed by atoms with E-state index >= 15 is 0 Å². The molecule has 2 saturated heterocycles. The number of piperidine rings is 1. The Kier molecular flexibility index (Phi) is 4.85. The Morgan fingerprint density at radius 3 is 2.74 bits per heavy atom. The van der Waals surface area contributed by atoms with Crippen molar-refractivity contribution < 1.29 is 4.79 Å². The molecule has 1 N–H and O–H groups in total. The molecule has 0 spiro atoms. The second kappa shape index (κ2) is 6.23. The molecule has 0 radical (unpaired) electrons. The molecule has 1 unspecified atom stereocenters. The van der Waals surface area contributed by atoms with Gasteiger partial charge in [0.25, 0.3) is 0 Å². The van der Waals surface area contributed by atoms with Gasteiger partial charge in [0, 0.05) is 37.6 Å². The highest BCUT2D eigenvalue weighted by molar-refractivity contribution is 5.76. The van der Waals surface area contributed by atoms with Crippen molar-refractivity contribution in [2.45, 2.75) is 57.5 Å². The van der Waals surface area contributed by atoms with E-state index < -0.39 is 0 Å². The minimum Gasteiger partial charge on any atom is -0.340 e. The monoisotopic (exact) mass is 267 g/mol. The number of carbonyl (C=O) groups is 1. The SMILES string of the molecule is CN1CCN(C(=O)CCC2CCCCN2)CC1(C)C. The van der Waals surface area contributed by atoms with Crippen molar-refractivity contribution in [1.82, 2.24) is 15.1 Å². The number of rotatable bonds is 3. The van der Waals surface area contributed by atoms with Crippen LogP contribution in [0.2, 0.25) is 0 Å². The number of likely N-dealkylation sites (N-methyl/N-ethyl adjacent to an activating group) is 1. The first kappa shape index (κ1) is 14.8. The van der Waals surface area contributed by atoms with Crippen LogP contribution in [0.4, 0.5) is 0 Å². The zero-order valence-electron chi connectivity index (χ0n) is 12.7. The van der Waals surface area contributed by atoms with Gasteiger partial charge in [0.15, 0.2) is 0 Å². The van der Waals surface area contributed by atoms with Gasteiger partial charge in [-0.15, -0.1) is 0 Å².